The third-order valence-electron chi connectivity index (χ3n) is 1.74. The summed E-state index contributed by atoms with van der Waals surface area (Å²) in [5.74, 6) is -1.35. The smallest absolute Gasteiger partial charge is 0.309 e. The quantitative estimate of drug-likeness (QED) is 0.584. The fourth-order valence-corrected chi connectivity index (χ4v) is 2.01. The number of nitriles is 1. The van der Waals surface area contributed by atoms with Gasteiger partial charge < -0.3 is 4.18 Å². The van der Waals surface area contributed by atoms with Crippen LogP contribution >= 0.6 is 0 Å². The Balaban J connectivity index is 2.67. The van der Waals surface area contributed by atoms with E-state index in [1.54, 1.807) is 0 Å². The number of para-hydroxylation sites is 1. The normalized spacial score (nSPS) is 10.8. The summed E-state index contributed by atoms with van der Waals surface area (Å²) in [6, 6.07) is 7.08. The number of unbranched alkanes of at least 4 members (excludes halogenated alkanes) is 1. The third-order valence-corrected chi connectivity index (χ3v) is 2.96. The van der Waals surface area contributed by atoms with E-state index in [0.717, 1.165) is 6.07 Å². The van der Waals surface area contributed by atoms with Gasteiger partial charge in [-0.3, -0.25) is 0 Å². The maximum absolute atomic E-state index is 13.1. The van der Waals surface area contributed by atoms with Crippen LogP contribution in [0.5, 0.6) is 5.75 Å². The second-order valence-electron chi connectivity index (χ2n) is 3.04. The van der Waals surface area contributed by atoms with Gasteiger partial charge in [0.05, 0.1) is 11.8 Å². The Bertz CT molecular complexity index is 493. The van der Waals surface area contributed by atoms with Crippen LogP contribution in [0.15, 0.2) is 24.3 Å². The van der Waals surface area contributed by atoms with E-state index < -0.39 is 15.9 Å². The van der Waals surface area contributed by atoms with Crippen molar-refractivity contribution in [2.24, 2.45) is 0 Å². The predicted molar refractivity (Wildman–Crippen MR) is 55.7 cm³/mol. The lowest BCUT2D eigenvalue weighted by Crippen LogP contribution is -2.14. The standard InChI is InChI=1S/C10H10FNO3S/c11-9-5-1-2-6-10(9)15-16(13,14)8-4-3-7-12/h1-2,5-6H,3-4,8H2. The molecule has 4 nitrogen and oxygen atoms in total. The third kappa shape index (κ3) is 3.87. The molecule has 0 aromatic heterocycles. The van der Waals surface area contributed by atoms with Gasteiger partial charge in [0.15, 0.2) is 11.6 Å². The molecule has 0 aliphatic heterocycles. The molecule has 0 saturated heterocycles. The molecular formula is C10H10FNO3S. The maximum atomic E-state index is 13.1. The number of halogens is 1. The number of rotatable bonds is 5. The van der Waals surface area contributed by atoms with Crippen LogP contribution in [-0.4, -0.2) is 14.2 Å². The van der Waals surface area contributed by atoms with Gasteiger partial charge in [0, 0.05) is 6.42 Å². The van der Waals surface area contributed by atoms with Gasteiger partial charge in [-0.2, -0.15) is 13.7 Å². The second kappa shape index (κ2) is 5.47. The summed E-state index contributed by atoms with van der Waals surface area (Å²) in [5, 5.41) is 8.25. The van der Waals surface area contributed by atoms with Gasteiger partial charge in [0.1, 0.15) is 0 Å². The Hall–Kier alpha value is -1.61. The predicted octanol–water partition coefficient (Wildman–Crippen LogP) is 1.84. The molecule has 0 heterocycles. The summed E-state index contributed by atoms with van der Waals surface area (Å²) in [7, 11) is -3.82. The van der Waals surface area contributed by atoms with E-state index in [2.05, 4.69) is 4.18 Å². The summed E-state index contributed by atoms with van der Waals surface area (Å²) >= 11 is 0. The molecule has 16 heavy (non-hydrogen) atoms. The first-order chi connectivity index (χ1) is 7.55. The average molecular weight is 243 g/mol. The van der Waals surface area contributed by atoms with E-state index in [0.29, 0.717) is 0 Å². The first-order valence-electron chi connectivity index (χ1n) is 4.59. The summed E-state index contributed by atoms with van der Waals surface area (Å²) < 4.78 is 40.3. The molecule has 0 fully saturated rings. The molecule has 0 spiro atoms. The van der Waals surface area contributed by atoms with Gasteiger partial charge in [0.2, 0.25) is 0 Å². The largest absolute Gasteiger partial charge is 0.379 e. The molecule has 6 heteroatoms. The van der Waals surface area contributed by atoms with Crippen molar-refractivity contribution in [1.82, 2.24) is 0 Å². The van der Waals surface area contributed by atoms with Crippen molar-refractivity contribution in [2.45, 2.75) is 12.8 Å². The van der Waals surface area contributed by atoms with Crippen molar-refractivity contribution in [1.29, 1.82) is 5.26 Å². The van der Waals surface area contributed by atoms with E-state index in [4.69, 9.17) is 5.26 Å². The Morgan fingerprint density at radius 1 is 1.38 bits per heavy atom. The fourth-order valence-electron chi connectivity index (χ4n) is 1.02. The highest BCUT2D eigenvalue weighted by atomic mass is 32.2. The summed E-state index contributed by atoms with van der Waals surface area (Å²) in [4.78, 5) is 0. The molecule has 0 aliphatic rings. The minimum Gasteiger partial charge on any atom is -0.379 e. The molecule has 0 saturated carbocycles. The molecular weight excluding hydrogens is 233 g/mol. The summed E-state index contributed by atoms with van der Waals surface area (Å²) in [6.45, 7) is 0. The van der Waals surface area contributed by atoms with Crippen LogP contribution in [0.1, 0.15) is 12.8 Å². The highest BCUT2D eigenvalue weighted by molar-refractivity contribution is 7.87. The Morgan fingerprint density at radius 3 is 2.69 bits per heavy atom. The highest BCUT2D eigenvalue weighted by Crippen LogP contribution is 2.18. The molecule has 0 bridgehead atoms. The van der Waals surface area contributed by atoms with Crippen molar-refractivity contribution < 1.29 is 17.0 Å². The molecule has 86 valence electrons. The van der Waals surface area contributed by atoms with Crippen molar-refractivity contribution in [2.75, 3.05) is 5.75 Å². The van der Waals surface area contributed by atoms with Gasteiger partial charge in [-0.05, 0) is 18.6 Å². The number of benzene rings is 1. The maximum Gasteiger partial charge on any atom is 0.309 e. The zero-order valence-corrected chi connectivity index (χ0v) is 9.21. The Labute approximate surface area is 93.4 Å². The molecule has 0 unspecified atom stereocenters. The van der Waals surface area contributed by atoms with Crippen molar-refractivity contribution in [3.8, 4) is 11.8 Å². The van der Waals surface area contributed by atoms with Crippen LogP contribution in [0.3, 0.4) is 0 Å². The molecule has 0 N–H and O–H groups in total. The van der Waals surface area contributed by atoms with E-state index in [1.807, 2.05) is 6.07 Å². The Morgan fingerprint density at radius 2 is 2.06 bits per heavy atom. The first kappa shape index (κ1) is 12.5. The molecule has 0 aliphatic carbocycles. The zero-order valence-electron chi connectivity index (χ0n) is 8.39. The lowest BCUT2D eigenvalue weighted by atomic mass is 10.3. The molecule has 0 amide bonds. The van der Waals surface area contributed by atoms with Gasteiger partial charge in [0.25, 0.3) is 0 Å². The van der Waals surface area contributed by atoms with Gasteiger partial charge >= 0.3 is 10.1 Å². The minimum absolute atomic E-state index is 0.125. The Kier molecular flexibility index (Phi) is 4.26. The second-order valence-corrected chi connectivity index (χ2v) is 4.73. The van der Waals surface area contributed by atoms with Crippen LogP contribution < -0.4 is 4.18 Å². The monoisotopic (exact) mass is 243 g/mol. The van der Waals surface area contributed by atoms with Crippen molar-refractivity contribution in [3.05, 3.63) is 30.1 Å². The van der Waals surface area contributed by atoms with Crippen molar-refractivity contribution in [3.63, 3.8) is 0 Å². The molecule has 1 aromatic carbocycles. The minimum atomic E-state index is -3.82. The summed E-state index contributed by atoms with van der Waals surface area (Å²) in [6.07, 6.45) is 0.299. The van der Waals surface area contributed by atoms with Crippen LogP contribution in [0.2, 0.25) is 0 Å². The molecule has 1 aromatic rings. The SMILES string of the molecule is N#CCCCS(=O)(=O)Oc1ccccc1F. The van der Waals surface area contributed by atoms with E-state index >= 15 is 0 Å². The van der Waals surface area contributed by atoms with E-state index in [1.165, 1.54) is 18.2 Å². The van der Waals surface area contributed by atoms with E-state index in [-0.39, 0.29) is 24.3 Å². The van der Waals surface area contributed by atoms with Gasteiger partial charge in [-0.15, -0.1) is 0 Å². The number of hydrogen-bond donors (Lipinski definition) is 0. The lowest BCUT2D eigenvalue weighted by molar-refractivity contribution is 0.460. The van der Waals surface area contributed by atoms with E-state index in [9.17, 15) is 12.8 Å². The topological polar surface area (TPSA) is 67.2 Å². The fraction of sp³-hybridized carbons (Fsp3) is 0.300. The molecule has 0 radical (unpaired) electrons. The van der Waals surface area contributed by atoms with Crippen LogP contribution in [0, 0.1) is 17.1 Å². The first-order valence-corrected chi connectivity index (χ1v) is 6.16. The average Bonchev–Trinajstić information content (AvgIpc) is 2.21. The van der Waals surface area contributed by atoms with Gasteiger partial charge in [-0.25, -0.2) is 4.39 Å². The highest BCUT2D eigenvalue weighted by Gasteiger charge is 2.14. The lowest BCUT2D eigenvalue weighted by Gasteiger charge is -2.06. The van der Waals surface area contributed by atoms with Crippen molar-refractivity contribution >= 4 is 10.1 Å². The molecule has 0 atom stereocenters. The number of hydrogen-bond acceptors (Lipinski definition) is 4. The summed E-state index contributed by atoms with van der Waals surface area (Å²) in [5.41, 5.74) is 0. The van der Waals surface area contributed by atoms with Crippen LogP contribution in [0.4, 0.5) is 4.39 Å². The number of nitrogens with zero attached hydrogens (tertiary/aromatic N) is 1. The zero-order chi connectivity index (χ0) is 12.0. The van der Waals surface area contributed by atoms with Crippen LogP contribution in [-0.2, 0) is 10.1 Å². The van der Waals surface area contributed by atoms with Crippen LogP contribution in [0.25, 0.3) is 0 Å². The van der Waals surface area contributed by atoms with Gasteiger partial charge in [-0.1, -0.05) is 12.1 Å². The molecule has 1 rings (SSSR count).